The molecule has 25 heavy (non-hydrogen) atoms. The van der Waals surface area contributed by atoms with Crippen molar-refractivity contribution in [3.63, 3.8) is 0 Å². The number of piperidine rings is 1. The molecule has 1 saturated heterocycles. The minimum absolute atomic E-state index is 0. The van der Waals surface area contributed by atoms with Crippen molar-refractivity contribution in [3.05, 3.63) is 0 Å². The average molecular weight is 372 g/mol. The van der Waals surface area contributed by atoms with E-state index in [1.165, 1.54) is 19.3 Å². The first-order valence-corrected chi connectivity index (χ1v) is 9.98. The van der Waals surface area contributed by atoms with Crippen molar-refractivity contribution in [1.82, 2.24) is 10.2 Å². The van der Waals surface area contributed by atoms with Gasteiger partial charge in [-0.1, -0.05) is 25.7 Å². The molecule has 1 heterocycles. The molecule has 3 fully saturated rings. The molecule has 2 aliphatic carbocycles. The van der Waals surface area contributed by atoms with Crippen LogP contribution in [-0.4, -0.2) is 42.4 Å². The van der Waals surface area contributed by atoms with E-state index in [1.807, 2.05) is 4.90 Å². The summed E-state index contributed by atoms with van der Waals surface area (Å²) in [5, 5.41) is 3.25. The van der Waals surface area contributed by atoms with Crippen molar-refractivity contribution in [1.29, 1.82) is 0 Å². The van der Waals surface area contributed by atoms with Crippen molar-refractivity contribution < 1.29 is 9.59 Å². The quantitative estimate of drug-likeness (QED) is 0.797. The Balaban J connectivity index is 0.00000225. The highest BCUT2D eigenvalue weighted by atomic mass is 35.5. The molecule has 0 bridgehead atoms. The van der Waals surface area contributed by atoms with E-state index in [9.17, 15) is 9.59 Å². The van der Waals surface area contributed by atoms with E-state index in [-0.39, 0.29) is 36.1 Å². The number of nitrogens with zero attached hydrogens (tertiary/aromatic N) is 1. The Labute approximate surface area is 157 Å². The molecule has 0 aromatic rings. The topological polar surface area (TPSA) is 75.4 Å². The molecule has 144 valence electrons. The molecule has 5 nitrogen and oxygen atoms in total. The van der Waals surface area contributed by atoms with Crippen molar-refractivity contribution in [2.45, 2.75) is 70.3 Å². The molecule has 2 amide bonds. The van der Waals surface area contributed by atoms with Crippen LogP contribution in [0, 0.1) is 17.8 Å². The monoisotopic (exact) mass is 371 g/mol. The van der Waals surface area contributed by atoms with Crippen LogP contribution < -0.4 is 11.1 Å². The van der Waals surface area contributed by atoms with Crippen LogP contribution in [0.15, 0.2) is 0 Å². The molecule has 1 aliphatic heterocycles. The van der Waals surface area contributed by atoms with Gasteiger partial charge in [-0.25, -0.2) is 0 Å². The van der Waals surface area contributed by atoms with Crippen LogP contribution in [-0.2, 0) is 9.59 Å². The van der Waals surface area contributed by atoms with Gasteiger partial charge in [0.2, 0.25) is 11.8 Å². The highest BCUT2D eigenvalue weighted by Crippen LogP contribution is 2.33. The van der Waals surface area contributed by atoms with Crippen LogP contribution in [0.5, 0.6) is 0 Å². The van der Waals surface area contributed by atoms with Gasteiger partial charge in [0, 0.05) is 31.0 Å². The van der Waals surface area contributed by atoms with Crippen LogP contribution >= 0.6 is 12.4 Å². The molecule has 2 atom stereocenters. The lowest BCUT2D eigenvalue weighted by Gasteiger charge is -2.35. The van der Waals surface area contributed by atoms with E-state index in [1.54, 1.807) is 0 Å². The molecule has 3 N–H and O–H groups in total. The Morgan fingerprint density at radius 3 is 2.24 bits per heavy atom. The number of carbonyl (C=O) groups excluding carboxylic acids is 2. The van der Waals surface area contributed by atoms with Crippen molar-refractivity contribution in [3.8, 4) is 0 Å². The second-order valence-electron chi connectivity index (χ2n) is 7.98. The average Bonchev–Trinajstić information content (AvgIpc) is 3.11. The number of halogens is 1. The first kappa shape index (κ1) is 20.5. The zero-order chi connectivity index (χ0) is 16.9. The Hall–Kier alpha value is -0.810. The van der Waals surface area contributed by atoms with Gasteiger partial charge in [0.25, 0.3) is 0 Å². The van der Waals surface area contributed by atoms with Crippen LogP contribution in [0.2, 0.25) is 0 Å². The summed E-state index contributed by atoms with van der Waals surface area (Å²) in [5.41, 5.74) is 5.82. The standard InChI is InChI=1S/C19H33N3O2.ClH/c20-13-15-5-4-8-17(15)19(24)22-11-9-14(10-12-22)18(23)21-16-6-2-1-3-7-16;/h14-17H,1-13,20H2,(H,21,23);1H/t15-,17-;/m1./s1. The lowest BCUT2D eigenvalue weighted by molar-refractivity contribution is -0.140. The summed E-state index contributed by atoms with van der Waals surface area (Å²) in [6.07, 6.45) is 10.9. The highest BCUT2D eigenvalue weighted by molar-refractivity contribution is 5.85. The molecule has 0 radical (unpaired) electrons. The molecule has 0 aromatic carbocycles. The van der Waals surface area contributed by atoms with Gasteiger partial charge in [-0.05, 0) is 51.0 Å². The van der Waals surface area contributed by atoms with Crippen LogP contribution in [0.1, 0.15) is 64.2 Å². The predicted molar refractivity (Wildman–Crippen MR) is 101 cm³/mol. The summed E-state index contributed by atoms with van der Waals surface area (Å²) in [4.78, 5) is 27.2. The number of nitrogens with two attached hydrogens (primary N) is 1. The molecule has 0 unspecified atom stereocenters. The molecule has 6 heteroatoms. The maximum absolute atomic E-state index is 12.7. The molecular weight excluding hydrogens is 338 g/mol. The maximum atomic E-state index is 12.7. The fourth-order valence-electron chi connectivity index (χ4n) is 4.81. The normalized spacial score (nSPS) is 28.4. The van der Waals surface area contributed by atoms with Crippen molar-refractivity contribution in [2.24, 2.45) is 23.5 Å². The summed E-state index contributed by atoms with van der Waals surface area (Å²) in [7, 11) is 0. The highest BCUT2D eigenvalue weighted by Gasteiger charge is 2.36. The summed E-state index contributed by atoms with van der Waals surface area (Å²) < 4.78 is 0. The van der Waals surface area contributed by atoms with Gasteiger partial charge in [0.1, 0.15) is 0 Å². The first-order chi connectivity index (χ1) is 11.7. The second kappa shape index (κ2) is 9.77. The van der Waals surface area contributed by atoms with E-state index in [2.05, 4.69) is 5.32 Å². The third kappa shape index (κ3) is 5.10. The van der Waals surface area contributed by atoms with E-state index < -0.39 is 0 Å². The minimum atomic E-state index is 0. The van der Waals surface area contributed by atoms with Crippen molar-refractivity contribution >= 4 is 24.2 Å². The molecular formula is C19H34ClN3O2. The lowest BCUT2D eigenvalue weighted by Crippen LogP contribution is -2.47. The number of nitrogens with one attached hydrogen (secondary N) is 1. The number of amides is 2. The Bertz CT molecular complexity index is 446. The number of carbonyl (C=O) groups is 2. The zero-order valence-electron chi connectivity index (χ0n) is 15.3. The van der Waals surface area contributed by atoms with E-state index in [4.69, 9.17) is 5.73 Å². The summed E-state index contributed by atoms with van der Waals surface area (Å²) in [5.74, 6) is 1.08. The predicted octanol–water partition coefficient (Wildman–Crippen LogP) is 2.47. The van der Waals surface area contributed by atoms with Gasteiger partial charge in [0.05, 0.1) is 0 Å². The number of hydrogen-bond donors (Lipinski definition) is 2. The van der Waals surface area contributed by atoms with Crippen LogP contribution in [0.25, 0.3) is 0 Å². The molecule has 3 aliphatic rings. The van der Waals surface area contributed by atoms with Gasteiger partial charge in [-0.2, -0.15) is 0 Å². The Morgan fingerprint density at radius 2 is 1.60 bits per heavy atom. The molecule has 0 spiro atoms. The number of hydrogen-bond acceptors (Lipinski definition) is 3. The third-order valence-corrected chi connectivity index (χ3v) is 6.41. The first-order valence-electron chi connectivity index (χ1n) is 9.98. The number of likely N-dealkylation sites (tertiary alicyclic amines) is 1. The van der Waals surface area contributed by atoms with Crippen LogP contribution in [0.3, 0.4) is 0 Å². The molecule has 0 aromatic heterocycles. The fraction of sp³-hybridized carbons (Fsp3) is 0.895. The lowest BCUT2D eigenvalue weighted by atomic mass is 9.90. The summed E-state index contributed by atoms with van der Waals surface area (Å²) >= 11 is 0. The smallest absolute Gasteiger partial charge is 0.226 e. The Kier molecular flexibility index (Phi) is 8.01. The van der Waals surface area contributed by atoms with Crippen molar-refractivity contribution in [2.75, 3.05) is 19.6 Å². The molecule has 3 rings (SSSR count). The van der Waals surface area contributed by atoms with Gasteiger partial charge in [-0.3, -0.25) is 9.59 Å². The fourth-order valence-corrected chi connectivity index (χ4v) is 4.81. The summed E-state index contributed by atoms with van der Waals surface area (Å²) in [6.45, 7) is 2.08. The summed E-state index contributed by atoms with van der Waals surface area (Å²) in [6, 6.07) is 0.384. The molecule has 2 saturated carbocycles. The second-order valence-corrected chi connectivity index (χ2v) is 7.98. The van der Waals surface area contributed by atoms with Gasteiger partial charge in [0.15, 0.2) is 0 Å². The van der Waals surface area contributed by atoms with Gasteiger partial charge < -0.3 is 16.0 Å². The van der Waals surface area contributed by atoms with E-state index >= 15 is 0 Å². The van der Waals surface area contributed by atoms with E-state index in [0.29, 0.717) is 18.5 Å². The van der Waals surface area contributed by atoms with Gasteiger partial charge >= 0.3 is 0 Å². The maximum Gasteiger partial charge on any atom is 0.226 e. The van der Waals surface area contributed by atoms with E-state index in [0.717, 1.165) is 58.0 Å². The number of rotatable bonds is 4. The third-order valence-electron chi connectivity index (χ3n) is 6.41. The minimum Gasteiger partial charge on any atom is -0.353 e. The Morgan fingerprint density at radius 1 is 0.920 bits per heavy atom. The van der Waals surface area contributed by atoms with Gasteiger partial charge in [-0.15, -0.1) is 12.4 Å². The largest absolute Gasteiger partial charge is 0.353 e. The SMILES string of the molecule is Cl.NC[C@H]1CCC[C@H]1C(=O)N1CCC(C(=O)NC2CCCCC2)CC1. The zero-order valence-corrected chi connectivity index (χ0v) is 16.1. The van der Waals surface area contributed by atoms with Crippen LogP contribution in [0.4, 0.5) is 0 Å².